The lowest BCUT2D eigenvalue weighted by atomic mass is 9.80. The highest BCUT2D eigenvalue weighted by molar-refractivity contribution is 6.10. The summed E-state index contributed by atoms with van der Waals surface area (Å²) in [6.45, 7) is 11.0. The molecule has 0 unspecified atom stereocenters. The first kappa shape index (κ1) is 28.2. The van der Waals surface area contributed by atoms with Gasteiger partial charge in [-0.15, -0.1) is 0 Å². The molecule has 1 aliphatic carbocycles. The number of unbranched alkanes of at least 4 members (excludes halogenated alkanes) is 5. The lowest BCUT2D eigenvalue weighted by Crippen LogP contribution is -2.51. The molecule has 1 saturated carbocycles. The molecular formula is C30H47N3O3. The molecule has 0 radical (unpaired) electrons. The Hall–Kier alpha value is -2.37. The molecule has 1 aromatic rings. The second-order valence-corrected chi connectivity index (χ2v) is 11.4. The molecule has 1 aromatic carbocycles. The van der Waals surface area contributed by atoms with Crippen LogP contribution in [-0.4, -0.2) is 46.3 Å². The normalized spacial score (nSPS) is 17.6. The molecule has 3 rings (SSSR count). The van der Waals surface area contributed by atoms with Gasteiger partial charge in [0.25, 0.3) is 5.91 Å². The molecule has 2 fully saturated rings. The van der Waals surface area contributed by atoms with Gasteiger partial charge in [-0.25, -0.2) is 4.79 Å². The van der Waals surface area contributed by atoms with Gasteiger partial charge in [0.2, 0.25) is 5.91 Å². The number of rotatable bonds is 12. The average molecular weight is 498 g/mol. The SMILES string of the molecule is CCCCCCCCN1C(=O)N(CC(=O)Nc2c(C(C)C)cccc2C(C)C)C(=O)C12CCCCC2. The van der Waals surface area contributed by atoms with Crippen LogP contribution < -0.4 is 5.32 Å². The zero-order valence-electron chi connectivity index (χ0n) is 23.2. The lowest BCUT2D eigenvalue weighted by Gasteiger charge is -2.38. The number of urea groups is 1. The number of benzene rings is 1. The summed E-state index contributed by atoms with van der Waals surface area (Å²) in [4.78, 5) is 43.6. The third kappa shape index (κ3) is 6.12. The highest BCUT2D eigenvalue weighted by Crippen LogP contribution is 2.41. The van der Waals surface area contributed by atoms with Crippen molar-refractivity contribution in [1.82, 2.24) is 9.80 Å². The maximum Gasteiger partial charge on any atom is 0.328 e. The predicted octanol–water partition coefficient (Wildman–Crippen LogP) is 7.20. The van der Waals surface area contributed by atoms with Crippen molar-refractivity contribution in [3.05, 3.63) is 29.3 Å². The maximum absolute atomic E-state index is 13.7. The summed E-state index contributed by atoms with van der Waals surface area (Å²) in [5, 5.41) is 3.08. The lowest BCUT2D eigenvalue weighted by molar-refractivity contribution is -0.136. The largest absolute Gasteiger partial charge is 0.328 e. The highest BCUT2D eigenvalue weighted by Gasteiger charge is 2.57. The van der Waals surface area contributed by atoms with Crippen LogP contribution in [0.1, 0.15) is 128 Å². The van der Waals surface area contributed by atoms with Gasteiger partial charge in [-0.3, -0.25) is 14.5 Å². The Morgan fingerprint density at radius 3 is 2.08 bits per heavy atom. The van der Waals surface area contributed by atoms with E-state index in [4.69, 9.17) is 0 Å². The van der Waals surface area contributed by atoms with Crippen molar-refractivity contribution in [2.24, 2.45) is 0 Å². The summed E-state index contributed by atoms with van der Waals surface area (Å²) in [5.41, 5.74) is 2.21. The number of carbonyl (C=O) groups is 3. The van der Waals surface area contributed by atoms with Gasteiger partial charge in [0, 0.05) is 12.2 Å². The fourth-order valence-corrected chi connectivity index (χ4v) is 5.92. The molecule has 1 aliphatic heterocycles. The Kier molecular flexibility index (Phi) is 9.98. The van der Waals surface area contributed by atoms with Crippen LogP contribution in [0.4, 0.5) is 10.5 Å². The van der Waals surface area contributed by atoms with Crippen molar-refractivity contribution in [3.63, 3.8) is 0 Å². The van der Waals surface area contributed by atoms with E-state index in [1.165, 1.54) is 24.2 Å². The quantitative estimate of drug-likeness (QED) is 0.245. The Labute approximate surface area is 218 Å². The fourth-order valence-electron chi connectivity index (χ4n) is 5.92. The maximum atomic E-state index is 13.7. The second kappa shape index (κ2) is 12.7. The molecule has 0 aromatic heterocycles. The monoisotopic (exact) mass is 497 g/mol. The number of nitrogens with one attached hydrogen (secondary N) is 1. The number of anilines is 1. The van der Waals surface area contributed by atoms with E-state index in [0.717, 1.165) is 55.3 Å². The molecule has 1 spiro atoms. The van der Waals surface area contributed by atoms with Gasteiger partial charge in [0.1, 0.15) is 12.1 Å². The van der Waals surface area contributed by atoms with Crippen LogP contribution in [0.15, 0.2) is 18.2 Å². The summed E-state index contributed by atoms with van der Waals surface area (Å²) in [5.74, 6) is 0.00777. The third-order valence-corrected chi connectivity index (χ3v) is 7.98. The number of para-hydroxylation sites is 1. The zero-order valence-corrected chi connectivity index (χ0v) is 23.2. The van der Waals surface area contributed by atoms with Crippen LogP contribution >= 0.6 is 0 Å². The smallest absolute Gasteiger partial charge is 0.324 e. The van der Waals surface area contributed by atoms with Crippen molar-refractivity contribution in [2.45, 2.75) is 123 Å². The minimum absolute atomic E-state index is 0.172. The van der Waals surface area contributed by atoms with E-state index in [-0.39, 0.29) is 36.2 Å². The predicted molar refractivity (Wildman–Crippen MR) is 146 cm³/mol. The van der Waals surface area contributed by atoms with Crippen molar-refractivity contribution in [1.29, 1.82) is 0 Å². The number of nitrogens with zero attached hydrogens (tertiary/aromatic N) is 2. The Morgan fingerprint density at radius 2 is 1.50 bits per heavy atom. The summed E-state index contributed by atoms with van der Waals surface area (Å²) in [6.07, 6.45) is 11.2. The third-order valence-electron chi connectivity index (χ3n) is 7.98. The molecule has 2 aliphatic rings. The summed E-state index contributed by atoms with van der Waals surface area (Å²) >= 11 is 0. The van der Waals surface area contributed by atoms with Gasteiger partial charge in [0.05, 0.1) is 0 Å². The van der Waals surface area contributed by atoms with Gasteiger partial charge in [-0.05, 0) is 42.2 Å². The molecule has 1 heterocycles. The first-order valence-corrected chi connectivity index (χ1v) is 14.3. The van der Waals surface area contributed by atoms with E-state index in [0.29, 0.717) is 19.4 Å². The van der Waals surface area contributed by atoms with Gasteiger partial charge >= 0.3 is 6.03 Å². The summed E-state index contributed by atoms with van der Waals surface area (Å²) in [6, 6.07) is 5.82. The molecule has 4 amide bonds. The number of imide groups is 1. The van der Waals surface area contributed by atoms with Crippen LogP contribution in [0.5, 0.6) is 0 Å². The van der Waals surface area contributed by atoms with Crippen LogP contribution in [0.3, 0.4) is 0 Å². The molecule has 1 saturated heterocycles. The molecule has 0 atom stereocenters. The van der Waals surface area contributed by atoms with Crippen LogP contribution in [0, 0.1) is 0 Å². The van der Waals surface area contributed by atoms with E-state index < -0.39 is 5.54 Å². The Bertz CT molecular complexity index is 892. The molecule has 0 bridgehead atoms. The standard InChI is InChI=1S/C30H47N3O3/c1-6-7-8-9-10-14-20-33-29(36)32(28(35)30(33)18-12-11-13-19-30)21-26(34)31-27-24(22(2)3)16-15-17-25(27)23(4)5/h15-17,22-23H,6-14,18-21H2,1-5H3,(H,31,34). The second-order valence-electron chi connectivity index (χ2n) is 11.4. The van der Waals surface area contributed by atoms with Gasteiger partial charge in [0.15, 0.2) is 0 Å². The van der Waals surface area contributed by atoms with Crippen molar-refractivity contribution in [3.8, 4) is 0 Å². The van der Waals surface area contributed by atoms with E-state index in [2.05, 4.69) is 39.9 Å². The van der Waals surface area contributed by atoms with Crippen molar-refractivity contribution >= 4 is 23.5 Å². The van der Waals surface area contributed by atoms with E-state index >= 15 is 0 Å². The number of carbonyl (C=O) groups excluding carboxylic acids is 3. The average Bonchev–Trinajstić information content (AvgIpc) is 3.02. The van der Waals surface area contributed by atoms with Crippen LogP contribution in [0.2, 0.25) is 0 Å². The highest BCUT2D eigenvalue weighted by atomic mass is 16.2. The first-order valence-electron chi connectivity index (χ1n) is 14.3. The summed E-state index contributed by atoms with van der Waals surface area (Å²) in [7, 11) is 0. The summed E-state index contributed by atoms with van der Waals surface area (Å²) < 4.78 is 0. The Morgan fingerprint density at radius 1 is 0.917 bits per heavy atom. The molecule has 6 heteroatoms. The fraction of sp³-hybridized carbons (Fsp3) is 0.700. The van der Waals surface area contributed by atoms with E-state index in [1.54, 1.807) is 0 Å². The van der Waals surface area contributed by atoms with Crippen LogP contribution in [-0.2, 0) is 9.59 Å². The number of amides is 4. The molecule has 6 nitrogen and oxygen atoms in total. The van der Waals surface area contributed by atoms with E-state index in [9.17, 15) is 14.4 Å². The van der Waals surface area contributed by atoms with Gasteiger partial charge < -0.3 is 10.2 Å². The van der Waals surface area contributed by atoms with E-state index in [1.807, 2.05) is 23.1 Å². The molecule has 200 valence electrons. The van der Waals surface area contributed by atoms with Crippen LogP contribution in [0.25, 0.3) is 0 Å². The minimum atomic E-state index is -0.752. The Balaban J connectivity index is 1.75. The number of hydrogen-bond donors (Lipinski definition) is 1. The topological polar surface area (TPSA) is 69.7 Å². The molecular weight excluding hydrogens is 450 g/mol. The molecule has 36 heavy (non-hydrogen) atoms. The van der Waals surface area contributed by atoms with Crippen molar-refractivity contribution < 1.29 is 14.4 Å². The van der Waals surface area contributed by atoms with Crippen molar-refractivity contribution in [2.75, 3.05) is 18.4 Å². The molecule has 1 N–H and O–H groups in total. The first-order chi connectivity index (χ1) is 17.2. The zero-order chi connectivity index (χ0) is 26.3. The minimum Gasteiger partial charge on any atom is -0.324 e. The van der Waals surface area contributed by atoms with Gasteiger partial charge in [-0.2, -0.15) is 0 Å². The number of hydrogen-bond acceptors (Lipinski definition) is 3. The van der Waals surface area contributed by atoms with Gasteiger partial charge in [-0.1, -0.05) is 104 Å².